The Hall–Kier alpha value is -2.57. The zero-order valence-corrected chi connectivity index (χ0v) is 15.2. The van der Waals surface area contributed by atoms with Gasteiger partial charge >= 0.3 is 5.97 Å². The van der Waals surface area contributed by atoms with Crippen LogP contribution in [0.15, 0.2) is 18.2 Å². The molecule has 1 aromatic carbocycles. The number of halogens is 1. The maximum atomic E-state index is 14.2. The molecule has 6 nitrogen and oxygen atoms in total. The minimum absolute atomic E-state index is 0.0571. The molecular formula is C19H22FNO5. The summed E-state index contributed by atoms with van der Waals surface area (Å²) in [5.74, 6) is -6.81. The van der Waals surface area contributed by atoms with E-state index in [1.165, 1.54) is 39.1 Å². The average Bonchev–Trinajstić information content (AvgIpc) is 2.82. The van der Waals surface area contributed by atoms with E-state index in [1.54, 1.807) is 6.92 Å². The summed E-state index contributed by atoms with van der Waals surface area (Å²) in [4.78, 5) is 50.8. The molecule has 1 heterocycles. The molecule has 140 valence electrons. The fraction of sp³-hybridized carbons (Fsp3) is 0.474. The SMILES string of the molecule is CCCOC(=O)C(C(C(C)=O)C(C)=O)C1C(=O)N(C)c2c(F)cccc21. The first-order chi connectivity index (χ1) is 12.2. The summed E-state index contributed by atoms with van der Waals surface area (Å²) in [6.45, 7) is 4.29. The summed E-state index contributed by atoms with van der Waals surface area (Å²) >= 11 is 0. The second-order valence-corrected chi connectivity index (χ2v) is 6.44. The quantitative estimate of drug-likeness (QED) is 0.548. The highest BCUT2D eigenvalue weighted by Gasteiger charge is 2.50. The van der Waals surface area contributed by atoms with E-state index in [0.29, 0.717) is 6.42 Å². The van der Waals surface area contributed by atoms with Gasteiger partial charge in [-0.15, -0.1) is 0 Å². The topological polar surface area (TPSA) is 80.8 Å². The van der Waals surface area contributed by atoms with Gasteiger partial charge in [0.1, 0.15) is 17.4 Å². The maximum absolute atomic E-state index is 14.2. The molecule has 0 aliphatic carbocycles. The lowest BCUT2D eigenvalue weighted by Crippen LogP contribution is -2.42. The number of hydrogen-bond acceptors (Lipinski definition) is 5. The Morgan fingerprint density at radius 1 is 1.23 bits per heavy atom. The van der Waals surface area contributed by atoms with Crippen molar-refractivity contribution in [3.63, 3.8) is 0 Å². The molecule has 2 unspecified atom stereocenters. The van der Waals surface area contributed by atoms with Gasteiger partial charge in [-0.3, -0.25) is 19.2 Å². The van der Waals surface area contributed by atoms with Crippen molar-refractivity contribution < 1.29 is 28.3 Å². The molecule has 1 aliphatic rings. The number of esters is 1. The molecule has 0 N–H and O–H groups in total. The first-order valence-electron chi connectivity index (χ1n) is 8.45. The molecule has 1 amide bonds. The van der Waals surface area contributed by atoms with Crippen molar-refractivity contribution in [1.82, 2.24) is 0 Å². The monoisotopic (exact) mass is 363 g/mol. The zero-order valence-electron chi connectivity index (χ0n) is 15.2. The van der Waals surface area contributed by atoms with Crippen molar-refractivity contribution in [2.24, 2.45) is 11.8 Å². The fourth-order valence-corrected chi connectivity index (χ4v) is 3.49. The molecule has 0 bridgehead atoms. The Morgan fingerprint density at radius 3 is 2.38 bits per heavy atom. The van der Waals surface area contributed by atoms with Crippen LogP contribution in [0.2, 0.25) is 0 Å². The Morgan fingerprint density at radius 2 is 1.85 bits per heavy atom. The van der Waals surface area contributed by atoms with Crippen molar-refractivity contribution in [1.29, 1.82) is 0 Å². The van der Waals surface area contributed by atoms with Crippen molar-refractivity contribution >= 4 is 29.1 Å². The number of ketones is 2. The number of nitrogens with zero attached hydrogens (tertiary/aromatic N) is 1. The van der Waals surface area contributed by atoms with Crippen LogP contribution in [-0.2, 0) is 23.9 Å². The van der Waals surface area contributed by atoms with Gasteiger partial charge in [0, 0.05) is 7.05 Å². The van der Waals surface area contributed by atoms with Crippen LogP contribution in [0.5, 0.6) is 0 Å². The molecule has 2 rings (SSSR count). The molecule has 0 radical (unpaired) electrons. The Labute approximate surface area is 151 Å². The number of anilines is 1. The molecule has 0 spiro atoms. The number of fused-ring (bicyclic) bond motifs is 1. The van der Waals surface area contributed by atoms with Crippen LogP contribution in [0.3, 0.4) is 0 Å². The normalized spacial score (nSPS) is 17.2. The van der Waals surface area contributed by atoms with Crippen LogP contribution < -0.4 is 4.90 Å². The van der Waals surface area contributed by atoms with E-state index in [2.05, 4.69) is 0 Å². The van der Waals surface area contributed by atoms with Crippen LogP contribution in [0.4, 0.5) is 10.1 Å². The highest BCUT2D eigenvalue weighted by atomic mass is 19.1. The first kappa shape index (κ1) is 19.8. The van der Waals surface area contributed by atoms with Crippen LogP contribution in [0.1, 0.15) is 38.7 Å². The summed E-state index contributed by atoms with van der Waals surface area (Å²) in [5.41, 5.74) is 0.338. The van der Waals surface area contributed by atoms with Crippen molar-refractivity contribution in [3.05, 3.63) is 29.6 Å². The van der Waals surface area contributed by atoms with Crippen molar-refractivity contribution in [2.45, 2.75) is 33.1 Å². The lowest BCUT2D eigenvalue weighted by atomic mass is 9.75. The van der Waals surface area contributed by atoms with Crippen LogP contribution in [-0.4, -0.2) is 37.1 Å². The number of rotatable bonds is 7. The Kier molecular flexibility index (Phi) is 5.90. The van der Waals surface area contributed by atoms with Gasteiger partial charge in [-0.2, -0.15) is 0 Å². The molecule has 0 fully saturated rings. The van der Waals surface area contributed by atoms with Gasteiger partial charge in [0.25, 0.3) is 0 Å². The molecular weight excluding hydrogens is 341 g/mol. The molecule has 1 aliphatic heterocycles. The Balaban J connectivity index is 2.61. The number of ether oxygens (including phenoxy) is 1. The van der Waals surface area contributed by atoms with E-state index < -0.39 is 47.0 Å². The molecule has 26 heavy (non-hydrogen) atoms. The first-order valence-corrected chi connectivity index (χ1v) is 8.45. The molecule has 2 atom stereocenters. The number of Topliss-reactive ketones (excluding diaryl/α,β-unsaturated/α-hetero) is 2. The third-order valence-corrected chi connectivity index (χ3v) is 4.60. The second-order valence-electron chi connectivity index (χ2n) is 6.44. The van der Waals surface area contributed by atoms with Crippen LogP contribution in [0.25, 0.3) is 0 Å². The van der Waals surface area contributed by atoms with Crippen LogP contribution >= 0.6 is 0 Å². The smallest absolute Gasteiger partial charge is 0.311 e. The standard InChI is InChI=1S/C19H22FNO5/c1-5-9-26-19(25)16(14(10(2)22)11(3)23)15-12-7-6-8-13(20)17(12)21(4)18(15)24/h6-8,14-16H,5,9H2,1-4H3. The lowest BCUT2D eigenvalue weighted by molar-refractivity contribution is -0.157. The molecule has 0 aromatic heterocycles. The number of para-hydroxylation sites is 1. The van der Waals surface area contributed by atoms with E-state index in [9.17, 15) is 23.6 Å². The van der Waals surface area contributed by atoms with Crippen molar-refractivity contribution in [2.75, 3.05) is 18.6 Å². The minimum atomic E-state index is -1.32. The largest absolute Gasteiger partial charge is 0.465 e. The zero-order chi connectivity index (χ0) is 19.6. The predicted octanol–water partition coefficient (Wildman–Crippen LogP) is 2.25. The van der Waals surface area contributed by atoms with Gasteiger partial charge in [0.2, 0.25) is 5.91 Å². The van der Waals surface area contributed by atoms with E-state index in [4.69, 9.17) is 4.74 Å². The molecule has 0 saturated heterocycles. The van der Waals surface area contributed by atoms with Gasteiger partial charge in [0.05, 0.1) is 30.0 Å². The van der Waals surface area contributed by atoms with Gasteiger partial charge < -0.3 is 9.64 Å². The number of benzene rings is 1. The number of carbonyl (C=O) groups excluding carboxylic acids is 4. The second kappa shape index (κ2) is 7.76. The lowest BCUT2D eigenvalue weighted by Gasteiger charge is -2.26. The van der Waals surface area contributed by atoms with E-state index in [-0.39, 0.29) is 17.9 Å². The minimum Gasteiger partial charge on any atom is -0.465 e. The number of likely N-dealkylation sites (N-methyl/N-ethyl adjacent to an activating group) is 1. The summed E-state index contributed by atoms with van der Waals surface area (Å²) in [5, 5.41) is 0. The highest BCUT2D eigenvalue weighted by Crippen LogP contribution is 2.45. The maximum Gasteiger partial charge on any atom is 0.311 e. The highest BCUT2D eigenvalue weighted by molar-refractivity contribution is 6.10. The van der Waals surface area contributed by atoms with Gasteiger partial charge in [-0.25, -0.2) is 4.39 Å². The van der Waals surface area contributed by atoms with Gasteiger partial charge in [0.15, 0.2) is 0 Å². The van der Waals surface area contributed by atoms with E-state index in [0.717, 1.165) is 4.90 Å². The van der Waals surface area contributed by atoms with Gasteiger partial charge in [-0.1, -0.05) is 19.1 Å². The summed E-state index contributed by atoms with van der Waals surface area (Å²) in [6.07, 6.45) is 0.549. The summed E-state index contributed by atoms with van der Waals surface area (Å²) in [6, 6.07) is 4.17. The van der Waals surface area contributed by atoms with Gasteiger partial charge in [-0.05, 0) is 31.9 Å². The van der Waals surface area contributed by atoms with Crippen LogP contribution in [0, 0.1) is 17.7 Å². The molecule has 1 aromatic rings. The number of carbonyl (C=O) groups is 4. The fourth-order valence-electron chi connectivity index (χ4n) is 3.49. The van der Waals surface area contributed by atoms with Crippen molar-refractivity contribution in [3.8, 4) is 0 Å². The molecule has 0 saturated carbocycles. The average molecular weight is 363 g/mol. The predicted molar refractivity (Wildman–Crippen MR) is 92.1 cm³/mol. The van der Waals surface area contributed by atoms with E-state index >= 15 is 0 Å². The third kappa shape index (κ3) is 3.38. The Bertz CT molecular complexity index is 746. The number of amides is 1. The summed E-state index contributed by atoms with van der Waals surface area (Å²) < 4.78 is 19.4. The summed E-state index contributed by atoms with van der Waals surface area (Å²) in [7, 11) is 1.40. The molecule has 7 heteroatoms. The third-order valence-electron chi connectivity index (χ3n) is 4.60. The van der Waals surface area contributed by atoms with E-state index in [1.807, 2.05) is 0 Å². The number of hydrogen-bond donors (Lipinski definition) is 0.